The molecule has 13 heteroatoms. The first kappa shape index (κ1) is 25.4. The molecule has 2 aliphatic rings. The number of carbonyl (C=O) groups excluding carboxylic acids is 1. The summed E-state index contributed by atoms with van der Waals surface area (Å²) in [5.74, 6) is 0.821. The molecule has 3 aromatic heterocycles. The second-order valence-electron chi connectivity index (χ2n) is 10.9. The molecule has 0 bridgehead atoms. The van der Waals surface area contributed by atoms with Crippen LogP contribution in [0.2, 0.25) is 0 Å². The minimum Gasteiger partial charge on any atom is -0.442 e. The van der Waals surface area contributed by atoms with Crippen molar-refractivity contribution >= 4 is 33.9 Å². The third-order valence-corrected chi connectivity index (χ3v) is 7.31. The number of nitrogens with one attached hydrogen (secondary N) is 1. The average molecular weight is 594 g/mol. The quantitative estimate of drug-likeness (QED) is 0.314. The number of esters is 1. The summed E-state index contributed by atoms with van der Waals surface area (Å²) >= 11 is 3.54. The number of anilines is 2. The van der Waals surface area contributed by atoms with E-state index in [1.807, 2.05) is 25.7 Å². The Kier molecular flexibility index (Phi) is 6.53. The highest BCUT2D eigenvalue weighted by atomic mass is 79.9. The number of aromatic nitrogens is 7. The molecule has 39 heavy (non-hydrogen) atoms. The molecule has 1 unspecified atom stereocenters. The maximum absolute atomic E-state index is 12.0. The zero-order valence-electron chi connectivity index (χ0n) is 21.8. The molecule has 1 saturated heterocycles. The molecule has 0 amide bonds. The van der Waals surface area contributed by atoms with Crippen molar-refractivity contribution in [2.24, 2.45) is 5.41 Å². The van der Waals surface area contributed by atoms with Crippen molar-refractivity contribution in [3.05, 3.63) is 58.1 Å². The van der Waals surface area contributed by atoms with E-state index in [1.54, 1.807) is 18.6 Å². The lowest BCUT2D eigenvalue weighted by atomic mass is 9.97. The predicted octanol–water partition coefficient (Wildman–Crippen LogP) is 3.61. The summed E-state index contributed by atoms with van der Waals surface area (Å²) in [6.07, 6.45) is 7.06. The lowest BCUT2D eigenvalue weighted by Crippen LogP contribution is -2.45. The molecule has 0 saturated carbocycles. The van der Waals surface area contributed by atoms with Crippen LogP contribution in [0.25, 0.3) is 11.5 Å². The summed E-state index contributed by atoms with van der Waals surface area (Å²) in [4.78, 5) is 22.9. The van der Waals surface area contributed by atoms with Gasteiger partial charge < -0.3 is 19.4 Å². The van der Waals surface area contributed by atoms with Crippen LogP contribution in [0.5, 0.6) is 0 Å². The number of benzene rings is 1. The summed E-state index contributed by atoms with van der Waals surface area (Å²) in [5.41, 5.74) is 3.61. The number of hydrogen-bond donors (Lipinski definition) is 1. The van der Waals surface area contributed by atoms with Gasteiger partial charge in [-0.15, -0.1) is 10.2 Å². The monoisotopic (exact) mass is 593 g/mol. The molecule has 1 N–H and O–H groups in total. The van der Waals surface area contributed by atoms with Crippen molar-refractivity contribution in [1.82, 2.24) is 35.2 Å². The molecule has 1 aliphatic carbocycles. The lowest BCUT2D eigenvalue weighted by Gasteiger charge is -2.36. The normalized spacial score (nSPS) is 17.1. The highest BCUT2D eigenvalue weighted by Crippen LogP contribution is 2.32. The van der Waals surface area contributed by atoms with Crippen LogP contribution < -0.4 is 10.2 Å². The van der Waals surface area contributed by atoms with Crippen LogP contribution in [0.15, 0.2) is 45.7 Å². The van der Waals surface area contributed by atoms with Gasteiger partial charge in [-0.2, -0.15) is 0 Å². The summed E-state index contributed by atoms with van der Waals surface area (Å²) in [6, 6.07) is 7.10. The summed E-state index contributed by atoms with van der Waals surface area (Å²) < 4.78 is 13.8. The van der Waals surface area contributed by atoms with Crippen molar-refractivity contribution in [3.8, 4) is 11.5 Å². The Labute approximate surface area is 233 Å². The Bertz CT molecular complexity index is 1490. The van der Waals surface area contributed by atoms with E-state index < -0.39 is 5.41 Å². The molecule has 1 fully saturated rings. The van der Waals surface area contributed by atoms with Gasteiger partial charge in [0.15, 0.2) is 6.73 Å². The van der Waals surface area contributed by atoms with E-state index in [4.69, 9.17) is 9.15 Å². The first-order valence-corrected chi connectivity index (χ1v) is 13.5. The fraction of sp³-hybridized carbons (Fsp3) is 0.423. The first-order chi connectivity index (χ1) is 18.7. The van der Waals surface area contributed by atoms with Gasteiger partial charge in [-0.25, -0.2) is 14.6 Å². The highest BCUT2D eigenvalue weighted by molar-refractivity contribution is 9.10. The number of nitrogens with zero attached hydrogens (tertiary/aromatic N) is 8. The van der Waals surface area contributed by atoms with E-state index in [2.05, 4.69) is 69.9 Å². The Morgan fingerprint density at radius 1 is 1.13 bits per heavy atom. The Morgan fingerprint density at radius 3 is 2.67 bits per heavy atom. The van der Waals surface area contributed by atoms with Crippen LogP contribution in [0.1, 0.15) is 43.5 Å². The minimum absolute atomic E-state index is 0.0369. The number of fused-ring (bicyclic) bond motifs is 1. The van der Waals surface area contributed by atoms with Crippen molar-refractivity contribution in [2.45, 2.75) is 52.3 Å². The number of hydrogen-bond acceptors (Lipinski definition) is 11. The van der Waals surface area contributed by atoms with Crippen molar-refractivity contribution in [1.29, 1.82) is 0 Å². The molecule has 0 spiro atoms. The molecule has 1 aliphatic heterocycles. The molecule has 202 valence electrons. The smallest absolute Gasteiger partial charge is 0.318 e. The summed E-state index contributed by atoms with van der Waals surface area (Å²) in [6.45, 7) is 6.80. The molecule has 1 aromatic carbocycles. The Hall–Kier alpha value is -3.87. The zero-order valence-corrected chi connectivity index (χ0v) is 23.4. The van der Waals surface area contributed by atoms with Crippen LogP contribution >= 0.6 is 15.9 Å². The molecule has 1 atom stereocenters. The van der Waals surface area contributed by atoms with Gasteiger partial charge in [0, 0.05) is 41.9 Å². The third kappa shape index (κ3) is 5.49. The first-order valence-electron chi connectivity index (χ1n) is 12.7. The van der Waals surface area contributed by atoms with Crippen molar-refractivity contribution < 1.29 is 13.9 Å². The van der Waals surface area contributed by atoms with Gasteiger partial charge in [-0.05, 0) is 56.9 Å². The Morgan fingerprint density at radius 2 is 1.90 bits per heavy atom. The van der Waals surface area contributed by atoms with Crippen molar-refractivity contribution in [3.63, 3.8) is 0 Å². The SMILES string of the molecule is CC(C)(C)C(=O)OCn1cc(C2CN(c3nnc(-c4cnc(NC5Cc6ccc(Br)cc6C5)nc4)o3)C2)nn1. The summed E-state index contributed by atoms with van der Waals surface area (Å²) in [7, 11) is 0. The van der Waals surface area contributed by atoms with Gasteiger partial charge in [0.25, 0.3) is 5.89 Å². The number of halogens is 1. The Balaban J connectivity index is 1.01. The van der Waals surface area contributed by atoms with E-state index in [9.17, 15) is 4.79 Å². The maximum atomic E-state index is 12.0. The second-order valence-corrected chi connectivity index (χ2v) is 11.9. The van der Waals surface area contributed by atoms with Crippen LogP contribution in [0.3, 0.4) is 0 Å². The standard InChI is InChI=1S/C26H28BrN9O3/c1-26(2,3)23(37)38-14-36-13-21(31-34-36)18-11-35(12-18)25-33-32-22(39-25)17-9-28-24(29-10-17)30-20-7-15-4-5-19(27)6-16(15)8-20/h4-6,9-10,13,18,20H,7-8,11-12,14H2,1-3H3,(H,28,29,30). The van der Waals surface area contributed by atoms with E-state index in [0.29, 0.717) is 36.5 Å². The second kappa shape index (κ2) is 10.0. The van der Waals surface area contributed by atoms with Gasteiger partial charge in [0.1, 0.15) is 0 Å². The third-order valence-electron chi connectivity index (χ3n) is 6.81. The van der Waals surface area contributed by atoms with Crippen LogP contribution in [-0.4, -0.2) is 60.3 Å². The van der Waals surface area contributed by atoms with E-state index in [0.717, 1.165) is 23.0 Å². The minimum atomic E-state index is -0.563. The van der Waals surface area contributed by atoms with Gasteiger partial charge in [0.05, 0.1) is 22.9 Å². The lowest BCUT2D eigenvalue weighted by molar-refractivity contribution is -0.157. The van der Waals surface area contributed by atoms with Gasteiger partial charge in [-0.1, -0.05) is 32.3 Å². The van der Waals surface area contributed by atoms with E-state index >= 15 is 0 Å². The summed E-state index contributed by atoms with van der Waals surface area (Å²) in [5, 5.41) is 20.1. The van der Waals surface area contributed by atoms with Crippen LogP contribution in [0, 0.1) is 5.41 Å². The van der Waals surface area contributed by atoms with Gasteiger partial charge in [0.2, 0.25) is 5.95 Å². The molecule has 0 radical (unpaired) electrons. The predicted molar refractivity (Wildman–Crippen MR) is 145 cm³/mol. The van der Waals surface area contributed by atoms with Crippen LogP contribution in [0.4, 0.5) is 12.0 Å². The molecule has 4 aromatic rings. The molecule has 6 rings (SSSR count). The van der Waals surface area contributed by atoms with E-state index in [1.165, 1.54) is 15.8 Å². The average Bonchev–Trinajstić information content (AvgIpc) is 3.61. The van der Waals surface area contributed by atoms with Gasteiger partial charge in [-0.3, -0.25) is 4.79 Å². The fourth-order valence-electron chi connectivity index (χ4n) is 4.57. The zero-order chi connectivity index (χ0) is 27.1. The number of ether oxygens (including phenoxy) is 1. The van der Waals surface area contributed by atoms with Crippen molar-refractivity contribution in [2.75, 3.05) is 23.3 Å². The largest absolute Gasteiger partial charge is 0.442 e. The fourth-order valence-corrected chi connectivity index (χ4v) is 4.98. The maximum Gasteiger partial charge on any atom is 0.318 e. The number of rotatable bonds is 7. The highest BCUT2D eigenvalue weighted by Gasteiger charge is 2.34. The molecule has 12 nitrogen and oxygen atoms in total. The van der Waals surface area contributed by atoms with E-state index in [-0.39, 0.29) is 24.7 Å². The molecular formula is C26H28BrN9O3. The molecule has 4 heterocycles. The van der Waals surface area contributed by atoms with Crippen LogP contribution in [-0.2, 0) is 29.1 Å². The topological polar surface area (TPSA) is 137 Å². The van der Waals surface area contributed by atoms with Gasteiger partial charge >= 0.3 is 12.0 Å². The number of carbonyl (C=O) groups is 1. The molecular weight excluding hydrogens is 566 g/mol.